The molecule has 1 aromatic rings. The van der Waals surface area contributed by atoms with Crippen LogP contribution in [0.15, 0.2) is 59.1 Å². The number of morpholine rings is 1. The van der Waals surface area contributed by atoms with Crippen LogP contribution in [0.3, 0.4) is 0 Å². The van der Waals surface area contributed by atoms with Crippen molar-refractivity contribution in [3.8, 4) is 0 Å². The predicted molar refractivity (Wildman–Crippen MR) is 251 cm³/mol. The highest BCUT2D eigenvalue weighted by Gasteiger charge is 2.52. The number of allylic oxidation sites excluding steroid dienone is 8. The van der Waals surface area contributed by atoms with Crippen LogP contribution in [0.25, 0.3) is 0 Å². The normalized spacial score (nSPS) is 43.7. The third-order valence-corrected chi connectivity index (χ3v) is 20.1. The van der Waals surface area contributed by atoms with Gasteiger partial charge in [-0.3, -0.25) is 20.9 Å². The minimum atomic E-state index is 0.157. The lowest BCUT2D eigenvalue weighted by molar-refractivity contribution is -0.168. The molecule has 15 unspecified atom stereocenters. The maximum Gasteiger partial charge on any atom is 0.0834 e. The molecule has 0 radical (unpaired) electrons. The second kappa shape index (κ2) is 17.5. The molecular formula is C54H77N5OS. The highest BCUT2D eigenvalue weighted by Crippen LogP contribution is 2.57. The van der Waals surface area contributed by atoms with Crippen LogP contribution in [0, 0.1) is 29.6 Å². The molecule has 0 aromatic carbocycles. The smallest absolute Gasteiger partial charge is 0.0834 e. The van der Waals surface area contributed by atoms with Crippen molar-refractivity contribution in [1.82, 2.24) is 25.4 Å². The first-order chi connectivity index (χ1) is 30.2. The largest absolute Gasteiger partial charge is 0.371 e. The highest BCUT2D eigenvalue weighted by atomic mass is 32.2. The van der Waals surface area contributed by atoms with Crippen LogP contribution < -0.4 is 16.0 Å². The fourth-order valence-corrected chi connectivity index (χ4v) is 17.5. The van der Waals surface area contributed by atoms with E-state index < -0.39 is 0 Å². The minimum absolute atomic E-state index is 0.157. The monoisotopic (exact) mass is 844 g/mol. The molecule has 12 rings (SSSR count). The molecule has 6 nitrogen and oxygen atoms in total. The van der Waals surface area contributed by atoms with E-state index in [4.69, 9.17) is 4.74 Å². The third-order valence-electron chi connectivity index (χ3n) is 18.4. The van der Waals surface area contributed by atoms with Crippen LogP contribution >= 0.6 is 11.8 Å². The summed E-state index contributed by atoms with van der Waals surface area (Å²) in [6, 6.07) is 1.67. The Kier molecular flexibility index (Phi) is 11.7. The van der Waals surface area contributed by atoms with Gasteiger partial charge < -0.3 is 9.30 Å². The summed E-state index contributed by atoms with van der Waals surface area (Å²) in [5, 5.41) is 14.1. The molecule has 0 bridgehead atoms. The zero-order valence-corrected chi connectivity index (χ0v) is 38.3. The molecule has 15 atom stereocenters. The van der Waals surface area contributed by atoms with E-state index in [0.29, 0.717) is 66.5 Å². The number of nitrogens with zero attached hydrogens (tertiary/aromatic N) is 2. The van der Waals surface area contributed by atoms with Crippen LogP contribution in [0.5, 0.6) is 0 Å². The molecule has 330 valence electrons. The number of thioether (sulfide) groups is 1. The summed E-state index contributed by atoms with van der Waals surface area (Å²) in [6.07, 6.45) is 53.2. The van der Waals surface area contributed by atoms with Gasteiger partial charge in [-0.15, -0.1) is 11.8 Å². The highest BCUT2D eigenvalue weighted by molar-refractivity contribution is 8.04. The Morgan fingerprint density at radius 2 is 1.51 bits per heavy atom. The average Bonchev–Trinajstić information content (AvgIpc) is 3.86. The van der Waals surface area contributed by atoms with Gasteiger partial charge in [0.15, 0.2) is 0 Å². The first kappa shape index (κ1) is 40.6. The Labute approximate surface area is 372 Å². The number of hydrogen-bond acceptors (Lipinski definition) is 6. The molecule has 8 aliphatic carbocycles. The molecule has 3 aliphatic heterocycles. The quantitative estimate of drug-likeness (QED) is 0.248. The number of aromatic nitrogens is 1. The van der Waals surface area contributed by atoms with Gasteiger partial charge in [-0.25, -0.2) is 0 Å². The Bertz CT molecular complexity index is 1890. The molecule has 0 amide bonds. The van der Waals surface area contributed by atoms with Crippen molar-refractivity contribution in [2.24, 2.45) is 29.6 Å². The standard InChI is InChI=1S/C54H77N5OS/c1-2-16-35-31-41(54-56-52(34-17-4-3-5-18-34)55-53(57-54)36-29-30-51-40(32-36)39-21-8-15-28-50(39)61-51)47(59-44-24-11-13-26-48(44)60-49-27-14-12-25-45(49)59)33-46(35)58-42-22-9-6-19-37(42)38-20-7-10-23-43(38)58/h2-4,11,16,24,28,31,34-36,39-40,44-49,51-57H,5-10,12-15,17-23,25-27,29-30,32-33H2,1H3/b16-2+. The molecule has 4 heterocycles. The lowest BCUT2D eigenvalue weighted by Crippen LogP contribution is -2.73. The van der Waals surface area contributed by atoms with Gasteiger partial charge in [0.05, 0.1) is 36.7 Å². The molecule has 61 heavy (non-hydrogen) atoms. The van der Waals surface area contributed by atoms with Gasteiger partial charge in [0, 0.05) is 40.7 Å². The maximum absolute atomic E-state index is 7.19. The number of rotatable bonds is 6. The number of ether oxygens (including phenoxy) is 1. The van der Waals surface area contributed by atoms with Crippen molar-refractivity contribution in [2.45, 2.75) is 221 Å². The van der Waals surface area contributed by atoms with Gasteiger partial charge in [0.25, 0.3) is 0 Å². The van der Waals surface area contributed by atoms with Gasteiger partial charge in [0.1, 0.15) is 0 Å². The van der Waals surface area contributed by atoms with Crippen molar-refractivity contribution in [3.05, 3.63) is 81.6 Å². The minimum Gasteiger partial charge on any atom is -0.371 e. The topological polar surface area (TPSA) is 53.5 Å². The molecule has 3 saturated heterocycles. The molecule has 3 N–H and O–H groups in total. The van der Waals surface area contributed by atoms with E-state index in [-0.39, 0.29) is 6.17 Å². The second-order valence-electron chi connectivity index (χ2n) is 21.7. The molecule has 1 aromatic heterocycles. The molecule has 2 saturated carbocycles. The van der Waals surface area contributed by atoms with Gasteiger partial charge in [-0.1, -0.05) is 61.4 Å². The fourth-order valence-electron chi connectivity index (χ4n) is 15.7. The third kappa shape index (κ3) is 7.42. The number of fused-ring (bicyclic) bond motifs is 8. The number of hydrogen-bond donors (Lipinski definition) is 3. The molecule has 7 heteroatoms. The summed E-state index contributed by atoms with van der Waals surface area (Å²) in [6.45, 7) is 2.29. The SMILES string of the molecule is C/C=C/C1C=C(C2NC(C3CC=CCC3)NC(C3CCC4SC5=CCCCC5C4C3)N2)C(N2C3C=CCCC3OC3CCCCC32)CC1n1c2c(c3c1CCCC3)CCCC2. The molecule has 11 aliphatic rings. The van der Waals surface area contributed by atoms with E-state index in [2.05, 4.69) is 92.7 Å². The molecule has 5 fully saturated rings. The van der Waals surface area contributed by atoms with Gasteiger partial charge in [-0.05, 0) is 193 Å². The maximum atomic E-state index is 7.19. The van der Waals surface area contributed by atoms with Gasteiger partial charge >= 0.3 is 0 Å². The second-order valence-corrected chi connectivity index (χ2v) is 23.0. The van der Waals surface area contributed by atoms with Crippen LogP contribution in [-0.2, 0) is 30.4 Å². The molecular weight excluding hydrogens is 767 g/mol. The van der Waals surface area contributed by atoms with E-state index >= 15 is 0 Å². The Morgan fingerprint density at radius 3 is 2.33 bits per heavy atom. The average molecular weight is 844 g/mol. The van der Waals surface area contributed by atoms with Crippen molar-refractivity contribution in [2.75, 3.05) is 0 Å². The van der Waals surface area contributed by atoms with E-state index in [1.807, 2.05) is 0 Å². The van der Waals surface area contributed by atoms with Crippen LogP contribution in [0.2, 0.25) is 0 Å². The summed E-state index contributed by atoms with van der Waals surface area (Å²) >= 11 is 2.29. The summed E-state index contributed by atoms with van der Waals surface area (Å²) in [4.78, 5) is 4.90. The first-order valence-corrected chi connectivity index (χ1v) is 27.1. The Hall–Kier alpha value is -1.87. The first-order valence-electron chi connectivity index (χ1n) is 26.2. The lowest BCUT2D eigenvalue weighted by atomic mass is 9.71. The fraction of sp³-hybridized carbons (Fsp3) is 0.741. The summed E-state index contributed by atoms with van der Waals surface area (Å²) in [7, 11) is 0. The zero-order chi connectivity index (χ0) is 40.4. The van der Waals surface area contributed by atoms with Crippen LogP contribution in [0.1, 0.15) is 164 Å². The Balaban J connectivity index is 0.961. The number of nitrogens with one attached hydrogen (secondary N) is 3. The van der Waals surface area contributed by atoms with Gasteiger partial charge in [0.2, 0.25) is 0 Å². The Morgan fingerprint density at radius 1 is 0.705 bits per heavy atom. The van der Waals surface area contributed by atoms with Crippen LogP contribution in [0.4, 0.5) is 0 Å². The van der Waals surface area contributed by atoms with Crippen molar-refractivity contribution >= 4 is 11.8 Å². The molecule has 0 spiro atoms. The summed E-state index contributed by atoms with van der Waals surface area (Å²) < 4.78 is 10.2. The van der Waals surface area contributed by atoms with Crippen LogP contribution in [-0.4, -0.2) is 63.5 Å². The lowest BCUT2D eigenvalue weighted by Gasteiger charge is -2.58. The van der Waals surface area contributed by atoms with E-state index in [9.17, 15) is 0 Å². The van der Waals surface area contributed by atoms with Crippen molar-refractivity contribution in [3.63, 3.8) is 0 Å². The van der Waals surface area contributed by atoms with Crippen molar-refractivity contribution in [1.29, 1.82) is 0 Å². The van der Waals surface area contributed by atoms with Gasteiger partial charge in [-0.2, -0.15) is 0 Å². The zero-order valence-electron chi connectivity index (χ0n) is 37.5. The summed E-state index contributed by atoms with van der Waals surface area (Å²) in [5.41, 5.74) is 8.69. The van der Waals surface area contributed by atoms with E-state index in [0.717, 1.165) is 23.5 Å². The summed E-state index contributed by atoms with van der Waals surface area (Å²) in [5.74, 6) is 3.37. The van der Waals surface area contributed by atoms with E-state index in [1.54, 1.807) is 33.0 Å². The van der Waals surface area contributed by atoms with Crippen molar-refractivity contribution < 1.29 is 4.74 Å². The van der Waals surface area contributed by atoms with E-state index in [1.165, 1.54) is 148 Å². The predicted octanol–water partition coefficient (Wildman–Crippen LogP) is 10.7.